The number of benzene rings is 2. The van der Waals surface area contributed by atoms with Crippen LogP contribution in [0.25, 0.3) is 0 Å². The van der Waals surface area contributed by atoms with Crippen LogP contribution in [0.4, 0.5) is 5.69 Å². The maximum absolute atomic E-state index is 6.08. The van der Waals surface area contributed by atoms with E-state index in [4.69, 9.17) is 16.3 Å². The van der Waals surface area contributed by atoms with E-state index in [1.165, 1.54) is 5.56 Å². The van der Waals surface area contributed by atoms with Gasteiger partial charge in [0.25, 0.3) is 0 Å². The van der Waals surface area contributed by atoms with Crippen molar-refractivity contribution in [2.45, 2.75) is 25.5 Å². The number of hydrogen-bond donors (Lipinski definition) is 1. The van der Waals surface area contributed by atoms with Crippen molar-refractivity contribution in [1.29, 1.82) is 0 Å². The average Bonchev–Trinajstić information content (AvgIpc) is 2.65. The molecule has 0 saturated heterocycles. The molecule has 0 aliphatic carbocycles. The summed E-state index contributed by atoms with van der Waals surface area (Å²) in [4.78, 5) is 0. The molecule has 1 aliphatic heterocycles. The summed E-state index contributed by atoms with van der Waals surface area (Å²) < 4.78 is 7.03. The molecule has 1 unspecified atom stereocenters. The smallest absolute Gasteiger partial charge is 0.128 e. The van der Waals surface area contributed by atoms with E-state index in [0.29, 0.717) is 5.02 Å². The number of anilines is 1. The van der Waals surface area contributed by atoms with Crippen molar-refractivity contribution in [2.24, 2.45) is 0 Å². The molecule has 104 valence electrons. The molecule has 1 N–H and O–H groups in total. The number of fused-ring (bicyclic) bond motifs is 1. The van der Waals surface area contributed by atoms with Gasteiger partial charge in [0.2, 0.25) is 0 Å². The Kier molecular flexibility index (Phi) is 3.43. The highest BCUT2D eigenvalue weighted by atomic mass is 79.9. The monoisotopic (exact) mass is 351 g/mol. The molecular formula is C16H15BrClNO. The van der Waals surface area contributed by atoms with E-state index in [-0.39, 0.29) is 11.6 Å². The molecule has 0 radical (unpaired) electrons. The Morgan fingerprint density at radius 3 is 2.75 bits per heavy atom. The fraction of sp³-hybridized carbons (Fsp3) is 0.250. The van der Waals surface area contributed by atoms with Crippen LogP contribution in [0.5, 0.6) is 5.75 Å². The van der Waals surface area contributed by atoms with Crippen LogP contribution in [0.2, 0.25) is 5.02 Å². The molecule has 0 fully saturated rings. The van der Waals surface area contributed by atoms with E-state index in [2.05, 4.69) is 41.2 Å². The molecule has 1 aliphatic rings. The average molecular weight is 353 g/mol. The van der Waals surface area contributed by atoms with E-state index in [9.17, 15) is 0 Å². The molecule has 2 aromatic carbocycles. The lowest BCUT2D eigenvalue weighted by Gasteiger charge is -2.28. The predicted octanol–water partition coefficient (Wildman–Crippen LogP) is 5.43. The van der Waals surface area contributed by atoms with E-state index in [1.807, 2.05) is 36.4 Å². The second-order valence-corrected chi connectivity index (χ2v) is 6.74. The summed E-state index contributed by atoms with van der Waals surface area (Å²) in [6.07, 6.45) is 0. The fourth-order valence-electron chi connectivity index (χ4n) is 2.54. The van der Waals surface area contributed by atoms with Crippen molar-refractivity contribution in [3.05, 3.63) is 57.5 Å². The summed E-state index contributed by atoms with van der Waals surface area (Å²) in [6, 6.07) is 13.9. The van der Waals surface area contributed by atoms with Gasteiger partial charge in [0.1, 0.15) is 11.4 Å². The molecule has 0 spiro atoms. The van der Waals surface area contributed by atoms with Crippen LogP contribution in [-0.2, 0) is 0 Å². The molecule has 2 nitrogen and oxygen atoms in total. The number of ether oxygens (including phenoxy) is 1. The van der Waals surface area contributed by atoms with Gasteiger partial charge in [-0.15, -0.1) is 0 Å². The Morgan fingerprint density at radius 1 is 1.20 bits per heavy atom. The summed E-state index contributed by atoms with van der Waals surface area (Å²) in [7, 11) is 0. The molecule has 3 rings (SSSR count). The first kappa shape index (κ1) is 13.8. The van der Waals surface area contributed by atoms with Crippen LogP contribution in [0.3, 0.4) is 0 Å². The standard InChI is InChI=1S/C16H15BrClNO/c1-16(2)15(11-5-3-4-6-14(11)20-16)19-13-9-10(18)7-8-12(13)17/h3-9,15,19H,1-2H3. The summed E-state index contributed by atoms with van der Waals surface area (Å²) in [5, 5.41) is 4.25. The zero-order valence-electron chi connectivity index (χ0n) is 11.3. The van der Waals surface area contributed by atoms with Crippen LogP contribution < -0.4 is 10.1 Å². The molecule has 0 aromatic heterocycles. The van der Waals surface area contributed by atoms with Gasteiger partial charge in [-0.2, -0.15) is 0 Å². The molecule has 0 bridgehead atoms. The summed E-state index contributed by atoms with van der Waals surface area (Å²) in [5.41, 5.74) is 1.83. The first-order valence-electron chi connectivity index (χ1n) is 6.47. The largest absolute Gasteiger partial charge is 0.485 e. The minimum absolute atomic E-state index is 0.0773. The van der Waals surface area contributed by atoms with Gasteiger partial charge in [0.05, 0.1) is 11.7 Å². The molecule has 0 saturated carbocycles. The number of nitrogens with one attached hydrogen (secondary N) is 1. The van der Waals surface area contributed by atoms with Crippen molar-refractivity contribution in [1.82, 2.24) is 0 Å². The first-order valence-corrected chi connectivity index (χ1v) is 7.64. The van der Waals surface area contributed by atoms with Crippen molar-refractivity contribution >= 4 is 33.2 Å². The summed E-state index contributed by atoms with van der Waals surface area (Å²) in [5.74, 6) is 0.938. The molecular weight excluding hydrogens is 338 g/mol. The molecule has 1 heterocycles. The number of rotatable bonds is 2. The normalized spacial score (nSPS) is 19.3. The second-order valence-electron chi connectivity index (χ2n) is 5.44. The highest BCUT2D eigenvalue weighted by Crippen LogP contribution is 2.45. The van der Waals surface area contributed by atoms with Crippen LogP contribution >= 0.6 is 27.5 Å². The van der Waals surface area contributed by atoms with Gasteiger partial charge in [-0.05, 0) is 54.0 Å². The van der Waals surface area contributed by atoms with E-state index >= 15 is 0 Å². The van der Waals surface area contributed by atoms with E-state index in [0.717, 1.165) is 15.9 Å². The molecule has 2 aromatic rings. The minimum Gasteiger partial charge on any atom is -0.485 e. The first-order chi connectivity index (χ1) is 9.47. The van der Waals surface area contributed by atoms with Crippen molar-refractivity contribution < 1.29 is 4.74 Å². The predicted molar refractivity (Wildman–Crippen MR) is 86.7 cm³/mol. The highest BCUT2D eigenvalue weighted by Gasteiger charge is 2.41. The molecule has 4 heteroatoms. The lowest BCUT2D eigenvalue weighted by Crippen LogP contribution is -2.34. The molecule has 1 atom stereocenters. The van der Waals surface area contributed by atoms with Gasteiger partial charge < -0.3 is 10.1 Å². The lowest BCUT2D eigenvalue weighted by atomic mass is 9.94. The number of para-hydroxylation sites is 1. The lowest BCUT2D eigenvalue weighted by molar-refractivity contribution is 0.118. The topological polar surface area (TPSA) is 21.3 Å². The van der Waals surface area contributed by atoms with Crippen molar-refractivity contribution in [2.75, 3.05) is 5.32 Å². The Hall–Kier alpha value is -1.19. The highest BCUT2D eigenvalue weighted by molar-refractivity contribution is 9.10. The SMILES string of the molecule is CC1(C)Oc2ccccc2C1Nc1cc(Cl)ccc1Br. The quantitative estimate of drug-likeness (QED) is 0.778. The Labute approximate surface area is 132 Å². The van der Waals surface area contributed by atoms with Gasteiger partial charge in [0, 0.05) is 15.1 Å². The van der Waals surface area contributed by atoms with Gasteiger partial charge in [-0.3, -0.25) is 0 Å². The zero-order chi connectivity index (χ0) is 14.3. The zero-order valence-corrected chi connectivity index (χ0v) is 13.6. The number of halogens is 2. The van der Waals surface area contributed by atoms with Crippen LogP contribution in [0.1, 0.15) is 25.5 Å². The third kappa shape index (κ3) is 2.40. The molecule has 20 heavy (non-hydrogen) atoms. The van der Waals surface area contributed by atoms with E-state index in [1.54, 1.807) is 0 Å². The minimum atomic E-state index is -0.314. The van der Waals surface area contributed by atoms with Crippen LogP contribution in [0, 0.1) is 0 Å². The van der Waals surface area contributed by atoms with Crippen molar-refractivity contribution in [3.63, 3.8) is 0 Å². The second kappa shape index (κ2) is 4.97. The fourth-order valence-corrected chi connectivity index (χ4v) is 3.08. The molecule has 0 amide bonds. The summed E-state index contributed by atoms with van der Waals surface area (Å²) in [6.45, 7) is 4.17. The maximum atomic E-state index is 6.08. The van der Waals surface area contributed by atoms with E-state index < -0.39 is 0 Å². The Balaban J connectivity index is 1.99. The summed E-state index contributed by atoms with van der Waals surface area (Å²) >= 11 is 9.63. The van der Waals surface area contributed by atoms with Crippen LogP contribution in [0.15, 0.2) is 46.9 Å². The third-order valence-corrected chi connectivity index (χ3v) is 4.45. The van der Waals surface area contributed by atoms with Crippen molar-refractivity contribution in [3.8, 4) is 5.75 Å². The Morgan fingerprint density at radius 2 is 1.95 bits per heavy atom. The Bertz CT molecular complexity index is 657. The van der Waals surface area contributed by atoms with Gasteiger partial charge >= 0.3 is 0 Å². The van der Waals surface area contributed by atoms with Gasteiger partial charge in [-0.1, -0.05) is 29.8 Å². The third-order valence-electron chi connectivity index (χ3n) is 3.53. The van der Waals surface area contributed by atoms with Crippen LogP contribution in [-0.4, -0.2) is 5.60 Å². The van der Waals surface area contributed by atoms with Gasteiger partial charge in [-0.25, -0.2) is 0 Å². The van der Waals surface area contributed by atoms with Gasteiger partial charge in [0.15, 0.2) is 0 Å². The maximum Gasteiger partial charge on any atom is 0.128 e. The number of hydrogen-bond acceptors (Lipinski definition) is 2.